The number of terminal acetylenes is 1. The number of aromatic nitrogens is 2. The fourth-order valence-electron chi connectivity index (χ4n) is 1.87. The Morgan fingerprint density at radius 3 is 2.85 bits per heavy atom. The van der Waals surface area contributed by atoms with Crippen molar-refractivity contribution in [1.29, 1.82) is 0 Å². The number of hydrogen-bond acceptors (Lipinski definition) is 2. The molecule has 0 unspecified atom stereocenters. The summed E-state index contributed by atoms with van der Waals surface area (Å²) in [4.78, 5) is 0.954. The molecule has 1 aliphatic carbocycles. The lowest BCUT2D eigenvalue weighted by Gasteiger charge is -1.97. The minimum atomic E-state index is 0.611. The Labute approximate surface area is 77.3 Å². The largest absolute Gasteiger partial charge is 0.411 e. The minimum absolute atomic E-state index is 0.611. The molecule has 0 spiro atoms. The standard InChI is InChI=1S/C10H12N2O/c1-2-9-8-6-4-3-5-7-10(8)12(13)11-9/h1,13H,3-7H2. The van der Waals surface area contributed by atoms with Crippen LogP contribution in [0.3, 0.4) is 0 Å². The third-order valence-electron chi connectivity index (χ3n) is 2.55. The quantitative estimate of drug-likeness (QED) is 0.368. The zero-order valence-electron chi connectivity index (χ0n) is 7.45. The molecule has 0 fully saturated rings. The molecule has 0 radical (unpaired) electrons. The predicted molar refractivity (Wildman–Crippen MR) is 48.6 cm³/mol. The Bertz CT molecular complexity index is 360. The lowest BCUT2D eigenvalue weighted by atomic mass is 10.1. The summed E-state index contributed by atoms with van der Waals surface area (Å²) in [7, 11) is 0. The summed E-state index contributed by atoms with van der Waals surface area (Å²) >= 11 is 0. The van der Waals surface area contributed by atoms with Gasteiger partial charge in [-0.15, -0.1) is 16.4 Å². The van der Waals surface area contributed by atoms with Crippen molar-refractivity contribution in [2.45, 2.75) is 32.1 Å². The van der Waals surface area contributed by atoms with Gasteiger partial charge in [-0.1, -0.05) is 6.42 Å². The van der Waals surface area contributed by atoms with Crippen molar-refractivity contribution in [1.82, 2.24) is 9.94 Å². The van der Waals surface area contributed by atoms with Crippen molar-refractivity contribution >= 4 is 0 Å². The zero-order valence-corrected chi connectivity index (χ0v) is 7.45. The molecule has 13 heavy (non-hydrogen) atoms. The Morgan fingerprint density at radius 2 is 2.08 bits per heavy atom. The van der Waals surface area contributed by atoms with E-state index in [9.17, 15) is 5.21 Å². The molecule has 0 aromatic carbocycles. The molecule has 3 nitrogen and oxygen atoms in total. The summed E-state index contributed by atoms with van der Waals surface area (Å²) in [6.45, 7) is 0. The van der Waals surface area contributed by atoms with Crippen LogP contribution >= 0.6 is 0 Å². The summed E-state index contributed by atoms with van der Waals surface area (Å²) < 4.78 is 0. The smallest absolute Gasteiger partial charge is 0.142 e. The first-order chi connectivity index (χ1) is 6.33. The second-order valence-electron chi connectivity index (χ2n) is 3.37. The number of fused-ring (bicyclic) bond motifs is 1. The average molecular weight is 176 g/mol. The third-order valence-corrected chi connectivity index (χ3v) is 2.55. The zero-order chi connectivity index (χ0) is 9.26. The highest BCUT2D eigenvalue weighted by Crippen LogP contribution is 2.22. The van der Waals surface area contributed by atoms with Gasteiger partial charge in [0.15, 0.2) is 0 Å². The van der Waals surface area contributed by atoms with E-state index in [4.69, 9.17) is 6.42 Å². The van der Waals surface area contributed by atoms with Gasteiger partial charge in [0.2, 0.25) is 0 Å². The van der Waals surface area contributed by atoms with Crippen molar-refractivity contribution in [3.8, 4) is 12.3 Å². The number of rotatable bonds is 0. The Kier molecular flexibility index (Phi) is 1.97. The maximum absolute atomic E-state index is 9.44. The molecule has 0 bridgehead atoms. The van der Waals surface area contributed by atoms with Crippen LogP contribution in [0.2, 0.25) is 0 Å². The van der Waals surface area contributed by atoms with Crippen LogP contribution in [0.5, 0.6) is 0 Å². The van der Waals surface area contributed by atoms with E-state index in [0.29, 0.717) is 5.69 Å². The summed E-state index contributed by atoms with van der Waals surface area (Å²) in [5, 5.41) is 13.3. The summed E-state index contributed by atoms with van der Waals surface area (Å²) in [6.07, 6.45) is 10.6. The van der Waals surface area contributed by atoms with E-state index >= 15 is 0 Å². The average Bonchev–Trinajstić information content (AvgIpc) is 2.38. The molecule has 2 rings (SSSR count). The van der Waals surface area contributed by atoms with E-state index in [2.05, 4.69) is 11.0 Å². The highest BCUT2D eigenvalue weighted by molar-refractivity contribution is 5.37. The highest BCUT2D eigenvalue weighted by atomic mass is 16.5. The maximum Gasteiger partial charge on any atom is 0.142 e. The fourth-order valence-corrected chi connectivity index (χ4v) is 1.87. The lowest BCUT2D eigenvalue weighted by molar-refractivity contribution is 0.139. The van der Waals surface area contributed by atoms with Gasteiger partial charge in [-0.25, -0.2) is 0 Å². The van der Waals surface area contributed by atoms with E-state index < -0.39 is 0 Å². The number of nitrogens with zero attached hydrogens (tertiary/aromatic N) is 2. The van der Waals surface area contributed by atoms with Gasteiger partial charge in [0, 0.05) is 5.56 Å². The monoisotopic (exact) mass is 176 g/mol. The van der Waals surface area contributed by atoms with Crippen LogP contribution in [0.25, 0.3) is 0 Å². The van der Waals surface area contributed by atoms with Crippen LogP contribution in [0, 0.1) is 12.3 Å². The molecule has 0 aliphatic heterocycles. The highest BCUT2D eigenvalue weighted by Gasteiger charge is 2.17. The van der Waals surface area contributed by atoms with Gasteiger partial charge < -0.3 is 5.21 Å². The van der Waals surface area contributed by atoms with E-state index in [0.717, 1.165) is 41.8 Å². The van der Waals surface area contributed by atoms with Gasteiger partial charge in [-0.2, -0.15) is 0 Å². The lowest BCUT2D eigenvalue weighted by Crippen LogP contribution is -1.99. The van der Waals surface area contributed by atoms with Crippen LogP contribution in [-0.4, -0.2) is 15.2 Å². The molecule has 1 heterocycles. The van der Waals surface area contributed by atoms with Crippen molar-refractivity contribution in [2.75, 3.05) is 0 Å². The van der Waals surface area contributed by atoms with Gasteiger partial charge in [0.1, 0.15) is 5.69 Å². The van der Waals surface area contributed by atoms with Crippen LogP contribution in [-0.2, 0) is 12.8 Å². The van der Waals surface area contributed by atoms with Gasteiger partial charge in [0.25, 0.3) is 0 Å². The predicted octanol–water partition coefficient (Wildman–Crippen LogP) is 1.37. The van der Waals surface area contributed by atoms with Gasteiger partial charge in [-0.3, -0.25) is 0 Å². The Morgan fingerprint density at radius 1 is 1.31 bits per heavy atom. The second-order valence-corrected chi connectivity index (χ2v) is 3.37. The second kappa shape index (κ2) is 3.14. The van der Waals surface area contributed by atoms with Crippen molar-refractivity contribution in [2.24, 2.45) is 0 Å². The van der Waals surface area contributed by atoms with E-state index in [1.165, 1.54) is 6.42 Å². The van der Waals surface area contributed by atoms with Crippen LogP contribution in [0.15, 0.2) is 0 Å². The van der Waals surface area contributed by atoms with Crippen LogP contribution in [0.1, 0.15) is 36.2 Å². The molecule has 1 aliphatic rings. The molecule has 0 saturated heterocycles. The van der Waals surface area contributed by atoms with Gasteiger partial charge in [0.05, 0.1) is 5.69 Å². The molecule has 3 heteroatoms. The molecule has 0 atom stereocenters. The first-order valence-electron chi connectivity index (χ1n) is 4.59. The first-order valence-corrected chi connectivity index (χ1v) is 4.59. The van der Waals surface area contributed by atoms with Gasteiger partial charge in [-0.05, 0) is 31.6 Å². The van der Waals surface area contributed by atoms with E-state index in [1.807, 2.05) is 0 Å². The Hall–Kier alpha value is -1.43. The van der Waals surface area contributed by atoms with Gasteiger partial charge >= 0.3 is 0 Å². The maximum atomic E-state index is 9.44. The van der Waals surface area contributed by atoms with E-state index in [-0.39, 0.29) is 0 Å². The normalized spacial score (nSPS) is 15.9. The molecule has 68 valence electrons. The van der Waals surface area contributed by atoms with Crippen LogP contribution in [0.4, 0.5) is 0 Å². The summed E-state index contributed by atoms with van der Waals surface area (Å²) in [5.41, 5.74) is 2.59. The molecular formula is C10H12N2O. The van der Waals surface area contributed by atoms with Crippen molar-refractivity contribution in [3.63, 3.8) is 0 Å². The molecule has 1 aromatic rings. The molecule has 0 saturated carbocycles. The number of hydrogen-bond donors (Lipinski definition) is 1. The molecule has 0 amide bonds. The minimum Gasteiger partial charge on any atom is -0.411 e. The first kappa shape index (κ1) is 8.18. The summed E-state index contributed by atoms with van der Waals surface area (Å²) in [6, 6.07) is 0. The van der Waals surface area contributed by atoms with Crippen molar-refractivity contribution < 1.29 is 5.21 Å². The molecular weight excluding hydrogens is 164 g/mol. The Balaban J connectivity index is 2.49. The van der Waals surface area contributed by atoms with Crippen LogP contribution < -0.4 is 0 Å². The molecule has 1 aromatic heterocycles. The SMILES string of the molecule is C#Cc1nn(O)c2c1CCCCC2. The fraction of sp³-hybridized carbons (Fsp3) is 0.500. The third kappa shape index (κ3) is 1.29. The molecule has 1 N–H and O–H groups in total. The van der Waals surface area contributed by atoms with Crippen molar-refractivity contribution in [3.05, 3.63) is 17.0 Å². The van der Waals surface area contributed by atoms with E-state index in [1.54, 1.807) is 0 Å². The topological polar surface area (TPSA) is 38.0 Å². The summed E-state index contributed by atoms with van der Waals surface area (Å²) in [5.74, 6) is 2.51.